The number of aromatic nitrogens is 1. The molecule has 2 aromatic carbocycles. The highest BCUT2D eigenvalue weighted by Crippen LogP contribution is 2.26. The second kappa shape index (κ2) is 5.61. The SMILES string of the molecule is CCOC(=O)C(=O)Nn1c(=N)sc2ccc3ccccc3c21. The first-order chi connectivity index (χ1) is 10.6. The Bertz CT molecular complexity index is 942. The Labute approximate surface area is 129 Å². The Morgan fingerprint density at radius 3 is 2.82 bits per heavy atom. The number of nitrogens with zero attached hydrogens (tertiary/aromatic N) is 1. The third-order valence-corrected chi connectivity index (χ3v) is 4.10. The van der Waals surface area contributed by atoms with Crippen molar-refractivity contribution < 1.29 is 14.3 Å². The van der Waals surface area contributed by atoms with E-state index in [0.29, 0.717) is 5.52 Å². The van der Waals surface area contributed by atoms with Crippen molar-refractivity contribution in [1.82, 2.24) is 4.68 Å². The number of rotatable bonds is 2. The first-order valence-electron chi connectivity index (χ1n) is 6.68. The molecule has 0 aliphatic carbocycles. The summed E-state index contributed by atoms with van der Waals surface area (Å²) in [4.78, 5) is 23.5. The summed E-state index contributed by atoms with van der Waals surface area (Å²) in [7, 11) is 0. The van der Waals surface area contributed by atoms with Crippen molar-refractivity contribution in [2.45, 2.75) is 6.92 Å². The van der Waals surface area contributed by atoms with Crippen molar-refractivity contribution in [2.24, 2.45) is 0 Å². The number of benzene rings is 2. The standard InChI is InChI=1S/C15H13N3O3S/c1-2-21-14(20)13(19)17-18-12-10-6-4-3-5-9(10)7-8-11(12)22-15(18)16/h3-8,16H,2H2,1H3,(H,17,19). The Morgan fingerprint density at radius 2 is 2.05 bits per heavy atom. The van der Waals surface area contributed by atoms with Crippen LogP contribution in [0.25, 0.3) is 21.0 Å². The molecule has 0 fully saturated rings. The van der Waals surface area contributed by atoms with Gasteiger partial charge in [-0.3, -0.25) is 15.6 Å². The molecule has 3 rings (SSSR count). The number of carbonyl (C=O) groups excluding carboxylic acids is 2. The van der Waals surface area contributed by atoms with Crippen LogP contribution >= 0.6 is 11.3 Å². The van der Waals surface area contributed by atoms with E-state index in [1.54, 1.807) is 6.92 Å². The molecule has 0 spiro atoms. The van der Waals surface area contributed by atoms with Gasteiger partial charge in [0.25, 0.3) is 0 Å². The van der Waals surface area contributed by atoms with E-state index in [2.05, 4.69) is 10.2 Å². The average Bonchev–Trinajstić information content (AvgIpc) is 2.84. The Hall–Kier alpha value is -2.67. The number of fused-ring (bicyclic) bond motifs is 3. The van der Waals surface area contributed by atoms with E-state index in [-0.39, 0.29) is 11.4 Å². The third kappa shape index (κ3) is 2.35. The molecule has 1 amide bonds. The zero-order valence-electron chi connectivity index (χ0n) is 11.8. The summed E-state index contributed by atoms with van der Waals surface area (Å²) in [5.74, 6) is -1.86. The summed E-state index contributed by atoms with van der Waals surface area (Å²) < 4.78 is 6.85. The molecule has 0 unspecified atom stereocenters. The predicted octanol–water partition coefficient (Wildman–Crippen LogP) is 1.97. The topological polar surface area (TPSA) is 84.2 Å². The fraction of sp³-hybridized carbons (Fsp3) is 0.133. The van der Waals surface area contributed by atoms with Crippen LogP contribution in [0, 0.1) is 5.41 Å². The van der Waals surface area contributed by atoms with Crippen LogP contribution in [0.3, 0.4) is 0 Å². The smallest absolute Gasteiger partial charge is 0.398 e. The fourth-order valence-corrected chi connectivity index (χ4v) is 3.12. The number of hydrogen-bond acceptors (Lipinski definition) is 5. The van der Waals surface area contributed by atoms with E-state index in [1.165, 1.54) is 16.0 Å². The summed E-state index contributed by atoms with van der Waals surface area (Å²) in [6, 6.07) is 11.5. The van der Waals surface area contributed by atoms with Crippen LogP contribution in [0.4, 0.5) is 0 Å². The molecule has 22 heavy (non-hydrogen) atoms. The number of amides is 1. The fourth-order valence-electron chi connectivity index (χ4n) is 2.25. The lowest BCUT2D eigenvalue weighted by Gasteiger charge is -2.08. The van der Waals surface area contributed by atoms with Crippen LogP contribution in [0.5, 0.6) is 0 Å². The van der Waals surface area contributed by atoms with Gasteiger partial charge in [0.2, 0.25) is 4.80 Å². The molecule has 112 valence electrons. The summed E-state index contributed by atoms with van der Waals surface area (Å²) >= 11 is 1.22. The molecule has 1 heterocycles. The Balaban J connectivity index is 2.15. The lowest BCUT2D eigenvalue weighted by molar-refractivity contribution is -0.152. The monoisotopic (exact) mass is 315 g/mol. The maximum Gasteiger partial charge on any atom is 0.398 e. The zero-order valence-corrected chi connectivity index (χ0v) is 12.6. The number of esters is 1. The minimum atomic E-state index is -0.964. The van der Waals surface area contributed by atoms with Crippen LogP contribution in [0.15, 0.2) is 36.4 Å². The third-order valence-electron chi connectivity index (χ3n) is 3.17. The number of ether oxygens (including phenoxy) is 1. The van der Waals surface area contributed by atoms with Gasteiger partial charge in [-0.25, -0.2) is 9.47 Å². The maximum absolute atomic E-state index is 11.8. The molecule has 0 aliphatic rings. The van der Waals surface area contributed by atoms with Crippen molar-refractivity contribution in [3.8, 4) is 0 Å². The van der Waals surface area contributed by atoms with Gasteiger partial charge in [-0.15, -0.1) is 0 Å². The number of carbonyl (C=O) groups is 2. The van der Waals surface area contributed by atoms with Crippen LogP contribution in [0.2, 0.25) is 0 Å². The zero-order chi connectivity index (χ0) is 15.7. The summed E-state index contributed by atoms with van der Waals surface area (Å²) in [6.45, 7) is 1.75. The quantitative estimate of drug-likeness (QED) is 0.560. The van der Waals surface area contributed by atoms with E-state index >= 15 is 0 Å². The normalized spacial score (nSPS) is 10.8. The predicted molar refractivity (Wildman–Crippen MR) is 84.2 cm³/mol. The largest absolute Gasteiger partial charge is 0.459 e. The van der Waals surface area contributed by atoms with Crippen molar-refractivity contribution >= 4 is 44.2 Å². The molecule has 3 aromatic rings. The molecule has 0 bridgehead atoms. The molecular formula is C15H13N3O3S. The van der Waals surface area contributed by atoms with E-state index in [9.17, 15) is 9.59 Å². The molecule has 6 nitrogen and oxygen atoms in total. The van der Waals surface area contributed by atoms with Gasteiger partial charge in [0.1, 0.15) is 0 Å². The minimum absolute atomic E-state index is 0.123. The van der Waals surface area contributed by atoms with Crippen molar-refractivity contribution in [3.63, 3.8) is 0 Å². The van der Waals surface area contributed by atoms with Gasteiger partial charge in [0.05, 0.1) is 16.8 Å². The lowest BCUT2D eigenvalue weighted by atomic mass is 10.1. The highest BCUT2D eigenvalue weighted by atomic mass is 32.1. The van der Waals surface area contributed by atoms with Gasteiger partial charge in [0.15, 0.2) is 0 Å². The molecule has 2 N–H and O–H groups in total. The number of hydrogen-bond donors (Lipinski definition) is 2. The van der Waals surface area contributed by atoms with Crippen molar-refractivity contribution in [3.05, 3.63) is 41.2 Å². The van der Waals surface area contributed by atoms with E-state index in [1.807, 2.05) is 36.4 Å². The molecule has 7 heteroatoms. The lowest BCUT2D eigenvalue weighted by Crippen LogP contribution is -2.35. The molecule has 0 saturated heterocycles. The maximum atomic E-state index is 11.8. The van der Waals surface area contributed by atoms with Gasteiger partial charge in [0, 0.05) is 5.39 Å². The Kier molecular flexibility index (Phi) is 3.64. The van der Waals surface area contributed by atoms with Crippen LogP contribution in [-0.2, 0) is 14.3 Å². The van der Waals surface area contributed by atoms with Gasteiger partial charge in [-0.05, 0) is 18.4 Å². The number of thiazole rings is 1. The van der Waals surface area contributed by atoms with Gasteiger partial charge in [-0.2, -0.15) is 0 Å². The summed E-state index contributed by atoms with van der Waals surface area (Å²) in [5, 5.41) is 9.92. The average molecular weight is 315 g/mol. The van der Waals surface area contributed by atoms with Gasteiger partial charge >= 0.3 is 11.9 Å². The second-order valence-electron chi connectivity index (χ2n) is 4.54. The molecule has 1 aromatic heterocycles. The summed E-state index contributed by atoms with van der Waals surface area (Å²) in [5.41, 5.74) is 3.14. The van der Waals surface area contributed by atoms with Crippen molar-refractivity contribution in [1.29, 1.82) is 5.41 Å². The molecule has 0 atom stereocenters. The first-order valence-corrected chi connectivity index (χ1v) is 7.49. The van der Waals surface area contributed by atoms with E-state index in [0.717, 1.165) is 15.5 Å². The van der Waals surface area contributed by atoms with Crippen LogP contribution in [-0.4, -0.2) is 23.2 Å². The first kappa shape index (κ1) is 14.3. The highest BCUT2D eigenvalue weighted by Gasteiger charge is 2.18. The van der Waals surface area contributed by atoms with Gasteiger partial charge < -0.3 is 4.74 Å². The number of nitrogens with one attached hydrogen (secondary N) is 2. The van der Waals surface area contributed by atoms with E-state index in [4.69, 9.17) is 5.41 Å². The van der Waals surface area contributed by atoms with Crippen LogP contribution in [0.1, 0.15) is 6.92 Å². The van der Waals surface area contributed by atoms with Gasteiger partial charge in [-0.1, -0.05) is 41.7 Å². The molecule has 0 aliphatic heterocycles. The molecule has 0 radical (unpaired) electrons. The highest BCUT2D eigenvalue weighted by molar-refractivity contribution is 7.16. The van der Waals surface area contributed by atoms with Crippen LogP contribution < -0.4 is 10.2 Å². The van der Waals surface area contributed by atoms with E-state index < -0.39 is 11.9 Å². The molecular weight excluding hydrogens is 302 g/mol. The Morgan fingerprint density at radius 1 is 1.27 bits per heavy atom. The minimum Gasteiger partial charge on any atom is -0.459 e. The summed E-state index contributed by atoms with van der Waals surface area (Å²) in [6.07, 6.45) is 0. The second-order valence-corrected chi connectivity index (χ2v) is 5.57. The van der Waals surface area contributed by atoms with Crippen molar-refractivity contribution in [2.75, 3.05) is 12.0 Å². The molecule has 0 saturated carbocycles.